The number of ether oxygens (including phenoxy) is 1. The zero-order chi connectivity index (χ0) is 17.0. The Labute approximate surface area is 138 Å². The molecule has 1 aliphatic rings. The number of alkyl carbamates (subject to hydrolysis) is 1. The van der Waals surface area contributed by atoms with E-state index in [1.807, 2.05) is 45.0 Å². The van der Waals surface area contributed by atoms with E-state index in [4.69, 9.17) is 16.2 Å². The van der Waals surface area contributed by atoms with Crippen LogP contribution in [0.15, 0.2) is 24.3 Å². The number of nitrogens with one attached hydrogen (secondary N) is 1. The maximum Gasteiger partial charge on any atom is 0.407 e. The number of benzene rings is 1. The number of amides is 1. The minimum Gasteiger partial charge on any atom is -0.444 e. The number of hydrogen-bond donors (Lipinski definition) is 3. The van der Waals surface area contributed by atoms with Crippen LogP contribution in [0.3, 0.4) is 0 Å². The molecular weight excluding hydrogens is 292 g/mol. The van der Waals surface area contributed by atoms with Gasteiger partial charge in [0, 0.05) is 37.4 Å². The molecule has 23 heavy (non-hydrogen) atoms. The average molecular weight is 320 g/mol. The lowest BCUT2D eigenvalue weighted by Gasteiger charge is -2.28. The number of anilines is 1. The molecule has 1 amide bonds. The van der Waals surface area contributed by atoms with Crippen molar-refractivity contribution >= 4 is 11.8 Å². The molecule has 128 valence electrons. The van der Waals surface area contributed by atoms with Gasteiger partial charge in [0.1, 0.15) is 5.60 Å². The molecule has 0 unspecified atom stereocenters. The molecule has 2 rings (SSSR count). The van der Waals surface area contributed by atoms with Crippen LogP contribution in [0.5, 0.6) is 0 Å². The summed E-state index contributed by atoms with van der Waals surface area (Å²) in [5, 5.41) is 2.94. The largest absolute Gasteiger partial charge is 0.444 e. The van der Waals surface area contributed by atoms with Gasteiger partial charge in [-0.1, -0.05) is 18.2 Å². The fourth-order valence-corrected chi connectivity index (χ4v) is 2.95. The normalized spacial score (nSPS) is 20.3. The minimum atomic E-state index is -0.485. The topological polar surface area (TPSA) is 93.6 Å². The van der Waals surface area contributed by atoms with Gasteiger partial charge in [0.15, 0.2) is 0 Å². The number of nitrogens with zero attached hydrogens (tertiary/aromatic N) is 1. The number of para-hydroxylation sites is 1. The van der Waals surface area contributed by atoms with E-state index in [0.29, 0.717) is 6.54 Å². The zero-order valence-electron chi connectivity index (χ0n) is 14.2. The van der Waals surface area contributed by atoms with E-state index < -0.39 is 5.60 Å². The summed E-state index contributed by atoms with van der Waals surface area (Å²) in [4.78, 5) is 14.2. The van der Waals surface area contributed by atoms with Crippen LogP contribution < -0.4 is 16.8 Å². The van der Waals surface area contributed by atoms with Crippen LogP contribution in [0, 0.1) is 0 Å². The second kappa shape index (κ2) is 7.19. The summed E-state index contributed by atoms with van der Waals surface area (Å²) in [5.74, 6) is 0. The molecule has 0 spiro atoms. The van der Waals surface area contributed by atoms with Gasteiger partial charge in [0.25, 0.3) is 0 Å². The van der Waals surface area contributed by atoms with Gasteiger partial charge in [-0.05, 0) is 38.8 Å². The number of carbonyl (C=O) groups excluding carboxylic acids is 1. The molecule has 1 saturated heterocycles. The molecule has 0 saturated carbocycles. The zero-order valence-corrected chi connectivity index (χ0v) is 14.2. The third kappa shape index (κ3) is 4.84. The second-order valence-corrected chi connectivity index (χ2v) is 7.01. The van der Waals surface area contributed by atoms with Crippen molar-refractivity contribution in [3.63, 3.8) is 0 Å². The van der Waals surface area contributed by atoms with Crippen LogP contribution in [0.2, 0.25) is 0 Å². The summed E-state index contributed by atoms with van der Waals surface area (Å²) in [5.41, 5.74) is 13.4. The third-order valence-corrected chi connectivity index (χ3v) is 3.96. The Morgan fingerprint density at radius 1 is 1.43 bits per heavy atom. The van der Waals surface area contributed by atoms with E-state index in [9.17, 15) is 4.79 Å². The Hall–Kier alpha value is -1.79. The van der Waals surface area contributed by atoms with Crippen LogP contribution in [0.4, 0.5) is 10.5 Å². The highest BCUT2D eigenvalue weighted by molar-refractivity contribution is 5.68. The molecule has 6 nitrogen and oxygen atoms in total. The predicted octanol–water partition coefficient (Wildman–Crippen LogP) is 1.87. The molecule has 1 aromatic carbocycles. The van der Waals surface area contributed by atoms with E-state index in [2.05, 4.69) is 10.2 Å². The Morgan fingerprint density at radius 3 is 2.74 bits per heavy atom. The summed E-state index contributed by atoms with van der Waals surface area (Å²) in [6, 6.07) is 7.95. The Kier molecular flexibility index (Phi) is 5.49. The van der Waals surface area contributed by atoms with Gasteiger partial charge < -0.3 is 21.5 Å². The summed E-state index contributed by atoms with van der Waals surface area (Å²) in [6.07, 6.45) is 0.510. The van der Waals surface area contributed by atoms with Gasteiger partial charge in [0.2, 0.25) is 0 Å². The summed E-state index contributed by atoms with van der Waals surface area (Å²) in [7, 11) is 0. The first-order valence-electron chi connectivity index (χ1n) is 8.08. The van der Waals surface area contributed by atoms with Crippen LogP contribution in [-0.4, -0.2) is 42.3 Å². The first-order valence-corrected chi connectivity index (χ1v) is 8.08. The van der Waals surface area contributed by atoms with Crippen molar-refractivity contribution in [2.24, 2.45) is 5.73 Å². The first-order chi connectivity index (χ1) is 10.8. The lowest BCUT2D eigenvalue weighted by molar-refractivity contribution is 0.0504. The lowest BCUT2D eigenvalue weighted by atomic mass is 10.0. The van der Waals surface area contributed by atoms with Crippen LogP contribution in [0.1, 0.15) is 38.8 Å². The number of hydrogen-bond acceptors (Lipinski definition) is 5. The van der Waals surface area contributed by atoms with Crippen LogP contribution in [-0.2, 0) is 4.74 Å². The maximum atomic E-state index is 11.9. The first kappa shape index (κ1) is 17.6. The van der Waals surface area contributed by atoms with Crippen molar-refractivity contribution in [2.45, 2.75) is 44.9 Å². The number of likely N-dealkylation sites (tertiary alicyclic amines) is 1. The molecule has 2 atom stereocenters. The highest BCUT2D eigenvalue weighted by Gasteiger charge is 2.31. The van der Waals surface area contributed by atoms with E-state index in [-0.39, 0.29) is 18.2 Å². The SMILES string of the molecule is CC(C)(C)OC(=O)N[C@H]1CCN([C@H](CN)c2ccccc2N)C1. The molecule has 0 aliphatic carbocycles. The molecule has 6 heteroatoms. The second-order valence-electron chi connectivity index (χ2n) is 7.01. The quantitative estimate of drug-likeness (QED) is 0.736. The molecule has 0 radical (unpaired) electrons. The summed E-state index contributed by atoms with van der Waals surface area (Å²) < 4.78 is 5.31. The smallest absolute Gasteiger partial charge is 0.407 e. The van der Waals surface area contributed by atoms with E-state index in [1.165, 1.54) is 0 Å². The van der Waals surface area contributed by atoms with Crippen molar-refractivity contribution in [2.75, 3.05) is 25.4 Å². The summed E-state index contributed by atoms with van der Waals surface area (Å²) >= 11 is 0. The third-order valence-electron chi connectivity index (χ3n) is 3.96. The number of rotatable bonds is 4. The van der Waals surface area contributed by atoms with Crippen molar-refractivity contribution in [3.05, 3.63) is 29.8 Å². The fourth-order valence-electron chi connectivity index (χ4n) is 2.95. The number of nitrogens with two attached hydrogens (primary N) is 2. The van der Waals surface area contributed by atoms with Crippen LogP contribution in [0.25, 0.3) is 0 Å². The lowest BCUT2D eigenvalue weighted by Crippen LogP contribution is -2.41. The van der Waals surface area contributed by atoms with E-state index >= 15 is 0 Å². The molecule has 0 bridgehead atoms. The van der Waals surface area contributed by atoms with Gasteiger partial charge in [-0.15, -0.1) is 0 Å². The summed E-state index contributed by atoms with van der Waals surface area (Å²) in [6.45, 7) is 7.68. The minimum absolute atomic E-state index is 0.0710. The highest BCUT2D eigenvalue weighted by atomic mass is 16.6. The average Bonchev–Trinajstić information content (AvgIpc) is 2.87. The van der Waals surface area contributed by atoms with Gasteiger partial charge in [-0.25, -0.2) is 4.79 Å². The Morgan fingerprint density at radius 2 is 2.13 bits per heavy atom. The van der Waals surface area contributed by atoms with Gasteiger partial charge >= 0.3 is 6.09 Å². The van der Waals surface area contributed by atoms with Crippen molar-refractivity contribution in [1.29, 1.82) is 0 Å². The number of carbonyl (C=O) groups is 1. The molecule has 5 N–H and O–H groups in total. The maximum absolute atomic E-state index is 11.9. The molecule has 1 fully saturated rings. The molecule has 1 aliphatic heterocycles. The Bertz CT molecular complexity index is 542. The predicted molar refractivity (Wildman–Crippen MR) is 92.0 cm³/mol. The van der Waals surface area contributed by atoms with E-state index in [1.54, 1.807) is 0 Å². The number of nitrogen functional groups attached to an aromatic ring is 1. The van der Waals surface area contributed by atoms with E-state index in [0.717, 1.165) is 30.8 Å². The molecule has 1 aromatic rings. The fraction of sp³-hybridized carbons (Fsp3) is 0.588. The van der Waals surface area contributed by atoms with Crippen molar-refractivity contribution < 1.29 is 9.53 Å². The van der Waals surface area contributed by atoms with Crippen molar-refractivity contribution in [1.82, 2.24) is 10.2 Å². The molecular formula is C17H28N4O2. The highest BCUT2D eigenvalue weighted by Crippen LogP contribution is 2.28. The molecule has 1 heterocycles. The Balaban J connectivity index is 1.96. The monoisotopic (exact) mass is 320 g/mol. The van der Waals surface area contributed by atoms with Gasteiger partial charge in [-0.3, -0.25) is 4.90 Å². The van der Waals surface area contributed by atoms with Gasteiger partial charge in [0.05, 0.1) is 0 Å². The van der Waals surface area contributed by atoms with Gasteiger partial charge in [-0.2, -0.15) is 0 Å². The van der Waals surface area contributed by atoms with Crippen LogP contribution >= 0.6 is 0 Å². The standard InChI is InChI=1S/C17H28N4O2/c1-17(2,3)23-16(22)20-12-8-9-21(11-12)15(10-18)13-6-4-5-7-14(13)19/h4-7,12,15H,8-11,18-19H2,1-3H3,(H,20,22)/t12-,15+/m0/s1. The van der Waals surface area contributed by atoms with Crippen molar-refractivity contribution in [3.8, 4) is 0 Å². The molecule has 0 aromatic heterocycles.